The van der Waals surface area contributed by atoms with E-state index in [0.717, 1.165) is 5.56 Å². The standard InChI is InChI=1S/C18H15N3O3/c1-23-14-8-4-3-7-13(14)18-16(21-11-19-10-20-21)17(22)12-6-2-5-9-15(12)24-18/h2-11,16,18H,1H3. The summed E-state index contributed by atoms with van der Waals surface area (Å²) in [6, 6.07) is 14.1. The SMILES string of the molecule is COc1ccccc1C1Oc2ccccc2C(=O)C1n1cncn1. The van der Waals surface area contributed by atoms with Crippen molar-refractivity contribution in [3.05, 3.63) is 72.3 Å². The maximum absolute atomic E-state index is 13.1. The van der Waals surface area contributed by atoms with Crippen LogP contribution in [0.5, 0.6) is 11.5 Å². The summed E-state index contributed by atoms with van der Waals surface area (Å²) in [4.78, 5) is 17.1. The smallest absolute Gasteiger partial charge is 0.195 e. The van der Waals surface area contributed by atoms with E-state index in [2.05, 4.69) is 10.1 Å². The van der Waals surface area contributed by atoms with Crippen molar-refractivity contribution in [3.63, 3.8) is 0 Å². The van der Waals surface area contributed by atoms with Crippen molar-refractivity contribution in [1.29, 1.82) is 0 Å². The lowest BCUT2D eigenvalue weighted by atomic mass is 9.91. The number of methoxy groups -OCH3 is 1. The van der Waals surface area contributed by atoms with Gasteiger partial charge in [0.15, 0.2) is 17.9 Å². The Bertz CT molecular complexity index is 877. The Morgan fingerprint density at radius 1 is 1.12 bits per heavy atom. The average Bonchev–Trinajstić information content (AvgIpc) is 3.15. The Morgan fingerprint density at radius 2 is 1.92 bits per heavy atom. The van der Waals surface area contributed by atoms with Gasteiger partial charge in [-0.25, -0.2) is 9.67 Å². The first-order valence-electron chi connectivity index (χ1n) is 7.56. The fourth-order valence-electron chi connectivity index (χ4n) is 3.03. The maximum Gasteiger partial charge on any atom is 0.195 e. The van der Waals surface area contributed by atoms with Crippen molar-refractivity contribution in [3.8, 4) is 11.5 Å². The van der Waals surface area contributed by atoms with E-state index in [-0.39, 0.29) is 5.78 Å². The normalized spacial score (nSPS) is 19.5. The molecule has 0 radical (unpaired) electrons. The molecule has 2 heterocycles. The van der Waals surface area contributed by atoms with E-state index in [9.17, 15) is 4.79 Å². The number of para-hydroxylation sites is 2. The van der Waals surface area contributed by atoms with Crippen LogP contribution in [0, 0.1) is 0 Å². The maximum atomic E-state index is 13.1. The van der Waals surface area contributed by atoms with E-state index < -0.39 is 12.1 Å². The van der Waals surface area contributed by atoms with Crippen molar-refractivity contribution in [2.45, 2.75) is 12.1 Å². The monoisotopic (exact) mass is 321 g/mol. The Kier molecular flexibility index (Phi) is 3.49. The summed E-state index contributed by atoms with van der Waals surface area (Å²) in [7, 11) is 1.60. The Hall–Kier alpha value is -3.15. The van der Waals surface area contributed by atoms with Crippen LogP contribution in [-0.4, -0.2) is 27.7 Å². The number of hydrogen-bond donors (Lipinski definition) is 0. The van der Waals surface area contributed by atoms with Crippen LogP contribution in [-0.2, 0) is 0 Å². The van der Waals surface area contributed by atoms with Gasteiger partial charge in [-0.15, -0.1) is 0 Å². The van der Waals surface area contributed by atoms with Crippen LogP contribution < -0.4 is 9.47 Å². The predicted octanol–water partition coefficient (Wildman–Crippen LogP) is 2.84. The van der Waals surface area contributed by atoms with Crippen LogP contribution in [0.15, 0.2) is 61.2 Å². The molecule has 0 bridgehead atoms. The van der Waals surface area contributed by atoms with Crippen LogP contribution in [0.4, 0.5) is 0 Å². The number of Topliss-reactive ketones (excluding diaryl/α,β-unsaturated/α-hetero) is 1. The van der Waals surface area contributed by atoms with Crippen molar-refractivity contribution in [1.82, 2.24) is 14.8 Å². The number of hydrogen-bond acceptors (Lipinski definition) is 5. The minimum Gasteiger partial charge on any atom is -0.496 e. The third-order valence-corrected chi connectivity index (χ3v) is 4.13. The number of nitrogens with zero attached hydrogens (tertiary/aromatic N) is 3. The van der Waals surface area contributed by atoms with Gasteiger partial charge in [-0.05, 0) is 18.2 Å². The van der Waals surface area contributed by atoms with E-state index in [1.807, 2.05) is 36.4 Å². The minimum absolute atomic E-state index is 0.0572. The van der Waals surface area contributed by atoms with E-state index in [0.29, 0.717) is 17.1 Å². The van der Waals surface area contributed by atoms with Crippen LogP contribution in [0.1, 0.15) is 28.1 Å². The summed E-state index contributed by atoms with van der Waals surface area (Å²) in [6.45, 7) is 0. The molecule has 0 fully saturated rings. The van der Waals surface area contributed by atoms with E-state index in [4.69, 9.17) is 9.47 Å². The zero-order chi connectivity index (χ0) is 16.5. The summed E-state index contributed by atoms with van der Waals surface area (Å²) >= 11 is 0. The highest BCUT2D eigenvalue weighted by molar-refractivity contribution is 6.02. The summed E-state index contributed by atoms with van der Waals surface area (Å²) in [5.41, 5.74) is 1.34. The fourth-order valence-corrected chi connectivity index (χ4v) is 3.03. The number of ether oxygens (including phenoxy) is 2. The van der Waals surface area contributed by atoms with Crippen molar-refractivity contribution < 1.29 is 14.3 Å². The number of rotatable bonds is 3. The Morgan fingerprint density at radius 3 is 2.71 bits per heavy atom. The first-order chi connectivity index (χ1) is 11.8. The highest BCUT2D eigenvalue weighted by atomic mass is 16.5. The van der Waals surface area contributed by atoms with Crippen LogP contribution in [0.3, 0.4) is 0 Å². The summed E-state index contributed by atoms with van der Waals surface area (Å²) in [5, 5.41) is 4.16. The average molecular weight is 321 g/mol. The third-order valence-electron chi connectivity index (χ3n) is 4.13. The van der Waals surface area contributed by atoms with Crippen LogP contribution >= 0.6 is 0 Å². The number of ketones is 1. The molecule has 1 aliphatic rings. The van der Waals surface area contributed by atoms with Gasteiger partial charge in [-0.3, -0.25) is 4.79 Å². The zero-order valence-corrected chi connectivity index (χ0v) is 13.0. The molecule has 120 valence electrons. The number of benzene rings is 2. The van der Waals surface area contributed by atoms with Gasteiger partial charge in [-0.2, -0.15) is 5.10 Å². The van der Waals surface area contributed by atoms with Gasteiger partial charge in [-0.1, -0.05) is 30.3 Å². The fraction of sp³-hybridized carbons (Fsp3) is 0.167. The van der Waals surface area contributed by atoms with Gasteiger partial charge in [0, 0.05) is 5.56 Å². The van der Waals surface area contributed by atoms with Crippen molar-refractivity contribution in [2.75, 3.05) is 7.11 Å². The van der Waals surface area contributed by atoms with Gasteiger partial charge in [0.2, 0.25) is 0 Å². The first-order valence-corrected chi connectivity index (χ1v) is 7.56. The molecule has 0 aliphatic carbocycles. The quantitative estimate of drug-likeness (QED) is 0.742. The molecule has 0 spiro atoms. The van der Waals surface area contributed by atoms with E-state index in [1.165, 1.54) is 17.3 Å². The lowest BCUT2D eigenvalue weighted by molar-refractivity contribution is 0.0647. The molecule has 0 saturated carbocycles. The van der Waals surface area contributed by atoms with Gasteiger partial charge in [0.05, 0.1) is 12.7 Å². The molecule has 6 heteroatoms. The van der Waals surface area contributed by atoms with E-state index in [1.54, 1.807) is 19.2 Å². The number of carbonyl (C=O) groups is 1. The largest absolute Gasteiger partial charge is 0.496 e. The second-order valence-electron chi connectivity index (χ2n) is 5.46. The lowest BCUT2D eigenvalue weighted by Crippen LogP contribution is -2.34. The second-order valence-corrected chi connectivity index (χ2v) is 5.46. The predicted molar refractivity (Wildman–Crippen MR) is 86.2 cm³/mol. The van der Waals surface area contributed by atoms with Crippen molar-refractivity contribution in [2.24, 2.45) is 0 Å². The van der Waals surface area contributed by atoms with Gasteiger partial charge in [0.25, 0.3) is 0 Å². The molecular formula is C18H15N3O3. The number of carbonyl (C=O) groups excluding carboxylic acids is 1. The molecule has 0 saturated heterocycles. The Balaban J connectivity index is 1.89. The van der Waals surface area contributed by atoms with E-state index >= 15 is 0 Å². The molecule has 24 heavy (non-hydrogen) atoms. The lowest BCUT2D eigenvalue weighted by Gasteiger charge is -2.33. The second kappa shape index (κ2) is 5.81. The van der Waals surface area contributed by atoms with Crippen LogP contribution in [0.25, 0.3) is 0 Å². The molecule has 1 aliphatic heterocycles. The van der Waals surface area contributed by atoms with Crippen molar-refractivity contribution >= 4 is 5.78 Å². The number of fused-ring (bicyclic) bond motifs is 1. The first kappa shape index (κ1) is 14.4. The van der Waals surface area contributed by atoms with Gasteiger partial charge < -0.3 is 9.47 Å². The molecule has 0 amide bonds. The van der Waals surface area contributed by atoms with Crippen LogP contribution in [0.2, 0.25) is 0 Å². The topological polar surface area (TPSA) is 66.2 Å². The van der Waals surface area contributed by atoms with Gasteiger partial charge in [0.1, 0.15) is 24.2 Å². The minimum atomic E-state index is -0.640. The molecule has 4 rings (SSSR count). The molecular weight excluding hydrogens is 306 g/mol. The molecule has 2 unspecified atom stereocenters. The molecule has 2 atom stereocenters. The van der Waals surface area contributed by atoms with Gasteiger partial charge >= 0.3 is 0 Å². The highest BCUT2D eigenvalue weighted by Crippen LogP contribution is 2.43. The molecule has 1 aromatic heterocycles. The summed E-state index contributed by atoms with van der Waals surface area (Å²) < 4.78 is 13.2. The molecule has 6 nitrogen and oxygen atoms in total. The highest BCUT2D eigenvalue weighted by Gasteiger charge is 2.41. The third kappa shape index (κ3) is 2.23. The molecule has 3 aromatic rings. The number of aromatic nitrogens is 3. The summed E-state index contributed by atoms with van der Waals surface area (Å²) in [5.74, 6) is 1.17. The molecule has 2 aromatic carbocycles. The summed E-state index contributed by atoms with van der Waals surface area (Å²) in [6.07, 6.45) is 2.39. The Labute approximate surface area is 138 Å². The molecule has 0 N–H and O–H groups in total. The zero-order valence-electron chi connectivity index (χ0n) is 13.0.